The number of hydrogen-bond donors (Lipinski definition) is 1. The third-order valence-corrected chi connectivity index (χ3v) is 2.73. The fourth-order valence-corrected chi connectivity index (χ4v) is 1.58. The van der Waals surface area contributed by atoms with Crippen LogP contribution in [-0.2, 0) is 9.53 Å². The van der Waals surface area contributed by atoms with Crippen LogP contribution in [0.4, 0.5) is 0 Å². The monoisotopic (exact) mass is 235 g/mol. The molecule has 1 fully saturated rings. The molecule has 0 bridgehead atoms. The normalized spacial score (nSPS) is 16.4. The molecule has 4 heteroatoms. The molecule has 2 rings (SSSR count). The number of carbonyl (C=O) groups excluding carboxylic acids is 1. The molecule has 1 aromatic rings. The van der Waals surface area contributed by atoms with Gasteiger partial charge in [0.15, 0.2) is 0 Å². The third-order valence-electron chi connectivity index (χ3n) is 2.73. The first-order valence-corrected chi connectivity index (χ1v) is 5.78. The minimum atomic E-state index is -0.342. The second kappa shape index (κ2) is 5.19. The fraction of sp³-hybridized carbons (Fsp3) is 0.462. The van der Waals surface area contributed by atoms with Gasteiger partial charge in [-0.1, -0.05) is 12.1 Å². The van der Waals surface area contributed by atoms with Crippen LogP contribution in [0.2, 0.25) is 0 Å². The smallest absolute Gasteiger partial charge is 0.307 e. The van der Waals surface area contributed by atoms with E-state index in [9.17, 15) is 4.79 Å². The average Bonchev–Trinajstić information content (AvgIpc) is 3.13. The molecule has 1 aromatic carbocycles. The van der Waals surface area contributed by atoms with Crippen LogP contribution in [0.15, 0.2) is 24.3 Å². The number of benzene rings is 1. The van der Waals surface area contributed by atoms with Crippen molar-refractivity contribution in [3.63, 3.8) is 0 Å². The van der Waals surface area contributed by atoms with Crippen LogP contribution in [0, 0.1) is 0 Å². The predicted octanol–water partition coefficient (Wildman–Crippen LogP) is 1.79. The van der Waals surface area contributed by atoms with Crippen molar-refractivity contribution in [3.05, 3.63) is 29.8 Å². The van der Waals surface area contributed by atoms with Crippen LogP contribution in [0.1, 0.15) is 30.9 Å². The van der Waals surface area contributed by atoms with E-state index < -0.39 is 0 Å². The van der Waals surface area contributed by atoms with E-state index in [2.05, 4.69) is 4.74 Å². The standard InChI is InChI=1S/C13H17NO3/c1-16-13(15)8-12(14)9-3-2-4-11(7-9)17-10-5-6-10/h2-4,7,10,12H,5-6,8,14H2,1H3/t12-/m0/s1. The van der Waals surface area contributed by atoms with E-state index in [1.54, 1.807) is 0 Å². The van der Waals surface area contributed by atoms with Crippen molar-refractivity contribution >= 4 is 5.97 Å². The van der Waals surface area contributed by atoms with Gasteiger partial charge in [-0.25, -0.2) is 0 Å². The molecule has 0 saturated heterocycles. The zero-order chi connectivity index (χ0) is 12.3. The molecule has 0 heterocycles. The number of esters is 1. The molecule has 2 N–H and O–H groups in total. The average molecular weight is 235 g/mol. The van der Waals surface area contributed by atoms with Crippen LogP contribution in [0.3, 0.4) is 0 Å². The van der Waals surface area contributed by atoms with E-state index in [0.29, 0.717) is 6.10 Å². The lowest BCUT2D eigenvalue weighted by Gasteiger charge is -2.12. The summed E-state index contributed by atoms with van der Waals surface area (Å²) < 4.78 is 10.3. The van der Waals surface area contributed by atoms with Crippen LogP contribution < -0.4 is 10.5 Å². The Hall–Kier alpha value is -1.55. The summed E-state index contributed by atoms with van der Waals surface area (Å²) in [5, 5.41) is 0. The summed E-state index contributed by atoms with van der Waals surface area (Å²) in [7, 11) is 1.36. The van der Waals surface area contributed by atoms with Gasteiger partial charge in [-0.2, -0.15) is 0 Å². The largest absolute Gasteiger partial charge is 0.490 e. The van der Waals surface area contributed by atoms with Gasteiger partial charge in [0, 0.05) is 6.04 Å². The van der Waals surface area contributed by atoms with Crippen LogP contribution in [-0.4, -0.2) is 19.2 Å². The summed E-state index contributed by atoms with van der Waals surface area (Å²) in [6, 6.07) is 7.25. The summed E-state index contributed by atoms with van der Waals surface area (Å²) in [6.07, 6.45) is 2.79. The summed E-state index contributed by atoms with van der Waals surface area (Å²) in [5.74, 6) is 0.524. The fourth-order valence-electron chi connectivity index (χ4n) is 1.58. The molecule has 0 unspecified atom stereocenters. The van der Waals surface area contributed by atoms with E-state index in [1.807, 2.05) is 24.3 Å². The summed E-state index contributed by atoms with van der Waals surface area (Å²) in [5.41, 5.74) is 6.83. The van der Waals surface area contributed by atoms with Gasteiger partial charge in [0.2, 0.25) is 0 Å². The molecule has 4 nitrogen and oxygen atoms in total. The second-order valence-electron chi connectivity index (χ2n) is 4.28. The molecule has 1 aliphatic carbocycles. The Bertz CT molecular complexity index is 401. The van der Waals surface area contributed by atoms with E-state index in [1.165, 1.54) is 7.11 Å². The van der Waals surface area contributed by atoms with Crippen molar-refractivity contribution in [1.29, 1.82) is 0 Å². The molecule has 92 valence electrons. The van der Waals surface area contributed by atoms with Crippen molar-refractivity contribution in [2.24, 2.45) is 5.73 Å². The molecule has 1 aliphatic rings. The minimum absolute atomic E-state index is 0.184. The molecule has 0 spiro atoms. The van der Waals surface area contributed by atoms with Gasteiger partial charge >= 0.3 is 5.97 Å². The Morgan fingerprint density at radius 1 is 1.53 bits per heavy atom. The highest BCUT2D eigenvalue weighted by molar-refractivity contribution is 5.70. The Morgan fingerprint density at radius 2 is 2.29 bits per heavy atom. The van der Waals surface area contributed by atoms with E-state index in [0.717, 1.165) is 24.2 Å². The number of nitrogens with two attached hydrogens (primary N) is 1. The molecule has 0 aliphatic heterocycles. The summed E-state index contributed by atoms with van der Waals surface area (Å²) in [6.45, 7) is 0. The lowest BCUT2D eigenvalue weighted by Crippen LogP contribution is -2.16. The Kier molecular flexibility index (Phi) is 3.64. The third kappa shape index (κ3) is 3.46. The topological polar surface area (TPSA) is 61.5 Å². The molecule has 0 aromatic heterocycles. The maximum absolute atomic E-state index is 11.1. The highest BCUT2D eigenvalue weighted by atomic mass is 16.5. The molecule has 0 amide bonds. The Morgan fingerprint density at radius 3 is 2.94 bits per heavy atom. The molecule has 1 atom stereocenters. The van der Waals surface area contributed by atoms with Gasteiger partial charge in [0.25, 0.3) is 0 Å². The first kappa shape index (κ1) is 11.9. The Labute approximate surface area is 101 Å². The van der Waals surface area contributed by atoms with Gasteiger partial charge < -0.3 is 15.2 Å². The van der Waals surface area contributed by atoms with E-state index in [4.69, 9.17) is 10.5 Å². The highest BCUT2D eigenvalue weighted by Gasteiger charge is 2.23. The van der Waals surface area contributed by atoms with Crippen LogP contribution in [0.5, 0.6) is 5.75 Å². The predicted molar refractivity (Wildman–Crippen MR) is 63.7 cm³/mol. The first-order valence-electron chi connectivity index (χ1n) is 5.78. The van der Waals surface area contributed by atoms with Crippen LogP contribution in [0.25, 0.3) is 0 Å². The number of hydrogen-bond acceptors (Lipinski definition) is 4. The summed E-state index contributed by atoms with van der Waals surface area (Å²) in [4.78, 5) is 11.1. The number of ether oxygens (including phenoxy) is 2. The van der Waals surface area contributed by atoms with Crippen molar-refractivity contribution < 1.29 is 14.3 Å². The quantitative estimate of drug-likeness (QED) is 0.790. The number of rotatable bonds is 5. The molecular weight excluding hydrogens is 218 g/mol. The molecule has 17 heavy (non-hydrogen) atoms. The van der Waals surface area contributed by atoms with Gasteiger partial charge in [0.05, 0.1) is 19.6 Å². The summed E-state index contributed by atoms with van der Waals surface area (Å²) >= 11 is 0. The lowest BCUT2D eigenvalue weighted by atomic mass is 10.0. The molecule has 0 radical (unpaired) electrons. The molecular formula is C13H17NO3. The van der Waals surface area contributed by atoms with Crippen molar-refractivity contribution in [2.75, 3.05) is 7.11 Å². The lowest BCUT2D eigenvalue weighted by molar-refractivity contribution is -0.141. The van der Waals surface area contributed by atoms with Crippen LogP contribution >= 0.6 is 0 Å². The SMILES string of the molecule is COC(=O)C[C@H](N)c1cccc(OC2CC2)c1. The first-order chi connectivity index (χ1) is 8.19. The zero-order valence-corrected chi connectivity index (χ0v) is 9.89. The number of methoxy groups -OCH3 is 1. The highest BCUT2D eigenvalue weighted by Crippen LogP contribution is 2.28. The molecule has 1 saturated carbocycles. The van der Waals surface area contributed by atoms with Gasteiger partial charge in [-0.05, 0) is 30.5 Å². The zero-order valence-electron chi connectivity index (χ0n) is 9.89. The maximum Gasteiger partial charge on any atom is 0.307 e. The van der Waals surface area contributed by atoms with Gasteiger partial charge in [-0.15, -0.1) is 0 Å². The van der Waals surface area contributed by atoms with Crippen molar-refractivity contribution in [2.45, 2.75) is 31.4 Å². The Balaban J connectivity index is 2.00. The van der Waals surface area contributed by atoms with E-state index in [-0.39, 0.29) is 18.4 Å². The van der Waals surface area contributed by atoms with Gasteiger partial charge in [-0.3, -0.25) is 4.79 Å². The van der Waals surface area contributed by atoms with Crippen molar-refractivity contribution in [3.8, 4) is 5.75 Å². The number of carbonyl (C=O) groups is 1. The van der Waals surface area contributed by atoms with Gasteiger partial charge in [0.1, 0.15) is 5.75 Å². The van der Waals surface area contributed by atoms with E-state index >= 15 is 0 Å². The van der Waals surface area contributed by atoms with Crippen molar-refractivity contribution in [1.82, 2.24) is 0 Å². The second-order valence-corrected chi connectivity index (χ2v) is 4.28. The maximum atomic E-state index is 11.1. The minimum Gasteiger partial charge on any atom is -0.490 e.